The molecule has 17 heavy (non-hydrogen) atoms. The highest BCUT2D eigenvalue weighted by Gasteiger charge is 2.26. The van der Waals surface area contributed by atoms with Crippen molar-refractivity contribution in [3.05, 3.63) is 28.5 Å². The van der Waals surface area contributed by atoms with Crippen molar-refractivity contribution < 1.29 is 0 Å². The fourth-order valence-corrected chi connectivity index (χ4v) is 3.16. The lowest BCUT2D eigenvalue weighted by molar-refractivity contribution is 0.224. The minimum absolute atomic E-state index is 0.521. The molecule has 1 aliphatic rings. The van der Waals surface area contributed by atoms with Gasteiger partial charge in [-0.1, -0.05) is 12.5 Å². The van der Waals surface area contributed by atoms with Crippen LogP contribution in [0.15, 0.2) is 18.2 Å². The molecule has 1 fully saturated rings. The quantitative estimate of drug-likeness (QED) is 0.780. The summed E-state index contributed by atoms with van der Waals surface area (Å²) in [6.45, 7) is 4.41. The number of nitrogens with zero attached hydrogens (tertiary/aromatic N) is 1. The third-order valence-corrected chi connectivity index (χ3v) is 4.41. The van der Waals surface area contributed by atoms with E-state index in [-0.39, 0.29) is 0 Å². The molecule has 0 aliphatic heterocycles. The number of aryl methyl sites for hydroxylation is 1. The number of rotatable bonds is 2. The maximum atomic E-state index is 5.47. The fourth-order valence-electron chi connectivity index (χ4n) is 2.78. The number of aromatic amines is 1. The summed E-state index contributed by atoms with van der Waals surface area (Å²) in [5, 5.41) is 0. The third-order valence-electron chi connectivity index (χ3n) is 4.11. The van der Waals surface area contributed by atoms with Crippen LogP contribution in [0.1, 0.15) is 37.8 Å². The standard InChI is InChI=1S/C14H18N2S/c1-9-6-7-13-12(8-9)15-14(17)16(13)10(2)11-4-3-5-11/h6-8,10-11H,3-5H2,1-2H3,(H,15,17). The molecule has 1 aromatic heterocycles. The van der Waals surface area contributed by atoms with Crippen LogP contribution in [0, 0.1) is 17.6 Å². The molecule has 3 rings (SSSR count). The van der Waals surface area contributed by atoms with Gasteiger partial charge in [-0.05, 0) is 62.5 Å². The highest BCUT2D eigenvalue weighted by molar-refractivity contribution is 7.71. The Morgan fingerprint density at radius 2 is 2.18 bits per heavy atom. The van der Waals surface area contributed by atoms with Gasteiger partial charge in [0.05, 0.1) is 11.0 Å². The topological polar surface area (TPSA) is 20.7 Å². The monoisotopic (exact) mass is 246 g/mol. The summed E-state index contributed by atoms with van der Waals surface area (Å²) >= 11 is 5.47. The molecule has 1 aromatic carbocycles. The zero-order valence-electron chi connectivity index (χ0n) is 10.4. The second-order valence-corrected chi connectivity index (χ2v) is 5.64. The molecule has 3 heteroatoms. The maximum Gasteiger partial charge on any atom is 0.178 e. The molecule has 0 amide bonds. The largest absolute Gasteiger partial charge is 0.331 e. The molecule has 0 radical (unpaired) electrons. The van der Waals surface area contributed by atoms with Crippen molar-refractivity contribution in [2.45, 2.75) is 39.2 Å². The Morgan fingerprint density at radius 3 is 2.82 bits per heavy atom. The van der Waals surface area contributed by atoms with Gasteiger partial charge >= 0.3 is 0 Å². The van der Waals surface area contributed by atoms with Gasteiger partial charge < -0.3 is 9.55 Å². The highest BCUT2D eigenvalue weighted by atomic mass is 32.1. The number of fused-ring (bicyclic) bond motifs is 1. The number of aromatic nitrogens is 2. The minimum atomic E-state index is 0.521. The SMILES string of the molecule is Cc1ccc2c(c1)[nH]c(=S)n2C(C)C1CCC1. The molecule has 1 unspecified atom stereocenters. The zero-order chi connectivity index (χ0) is 12.0. The summed E-state index contributed by atoms with van der Waals surface area (Å²) in [6.07, 6.45) is 4.08. The summed E-state index contributed by atoms with van der Waals surface area (Å²) in [7, 11) is 0. The number of imidazole rings is 1. The predicted molar refractivity (Wildman–Crippen MR) is 73.9 cm³/mol. The lowest BCUT2D eigenvalue weighted by Crippen LogP contribution is -2.22. The number of hydrogen-bond acceptors (Lipinski definition) is 1. The first-order chi connectivity index (χ1) is 8.16. The van der Waals surface area contributed by atoms with E-state index in [1.54, 1.807) is 0 Å². The Morgan fingerprint density at radius 1 is 1.41 bits per heavy atom. The molecule has 1 atom stereocenters. The Labute approximate surface area is 107 Å². The summed E-state index contributed by atoms with van der Waals surface area (Å²) in [5.41, 5.74) is 3.69. The van der Waals surface area contributed by atoms with E-state index < -0.39 is 0 Å². The molecule has 0 bridgehead atoms. The number of hydrogen-bond donors (Lipinski definition) is 1. The maximum absolute atomic E-state index is 5.47. The van der Waals surface area contributed by atoms with Crippen LogP contribution in [0.25, 0.3) is 11.0 Å². The van der Waals surface area contributed by atoms with Crippen LogP contribution in [0.5, 0.6) is 0 Å². The fraction of sp³-hybridized carbons (Fsp3) is 0.500. The van der Waals surface area contributed by atoms with Gasteiger partial charge in [-0.3, -0.25) is 0 Å². The molecule has 0 spiro atoms. The summed E-state index contributed by atoms with van der Waals surface area (Å²) in [5.74, 6) is 0.807. The molecule has 1 aliphatic carbocycles. The van der Waals surface area contributed by atoms with E-state index in [4.69, 9.17) is 12.2 Å². The van der Waals surface area contributed by atoms with Gasteiger partial charge in [0.25, 0.3) is 0 Å². The Kier molecular flexibility index (Phi) is 2.58. The highest BCUT2D eigenvalue weighted by Crippen LogP contribution is 2.37. The Balaban J connectivity index is 2.14. The Bertz CT molecular complexity index is 604. The Hall–Kier alpha value is -1.09. The van der Waals surface area contributed by atoms with E-state index in [0.717, 1.165) is 10.7 Å². The molecule has 0 saturated heterocycles. The minimum Gasteiger partial charge on any atom is -0.331 e. The van der Waals surface area contributed by atoms with Crippen LogP contribution in [-0.4, -0.2) is 9.55 Å². The van der Waals surface area contributed by atoms with Gasteiger partial charge in [-0.15, -0.1) is 0 Å². The van der Waals surface area contributed by atoms with E-state index >= 15 is 0 Å². The number of benzene rings is 1. The van der Waals surface area contributed by atoms with Crippen LogP contribution in [-0.2, 0) is 0 Å². The van der Waals surface area contributed by atoms with Crippen molar-refractivity contribution in [3.8, 4) is 0 Å². The normalized spacial score (nSPS) is 18.2. The molecular weight excluding hydrogens is 228 g/mol. The molecular formula is C14H18N2S. The van der Waals surface area contributed by atoms with E-state index in [1.165, 1.54) is 35.9 Å². The lowest BCUT2D eigenvalue weighted by atomic mass is 9.80. The van der Waals surface area contributed by atoms with Crippen molar-refractivity contribution in [2.24, 2.45) is 5.92 Å². The molecule has 1 saturated carbocycles. The van der Waals surface area contributed by atoms with Crippen molar-refractivity contribution in [1.82, 2.24) is 9.55 Å². The summed E-state index contributed by atoms with van der Waals surface area (Å²) < 4.78 is 3.17. The van der Waals surface area contributed by atoms with Crippen LogP contribution >= 0.6 is 12.2 Å². The second kappa shape index (κ2) is 3.98. The van der Waals surface area contributed by atoms with E-state index in [1.807, 2.05) is 0 Å². The van der Waals surface area contributed by atoms with Gasteiger partial charge in [0.2, 0.25) is 0 Å². The van der Waals surface area contributed by atoms with E-state index in [0.29, 0.717) is 6.04 Å². The van der Waals surface area contributed by atoms with Crippen LogP contribution in [0.2, 0.25) is 0 Å². The van der Waals surface area contributed by atoms with Gasteiger partial charge in [0.1, 0.15) is 0 Å². The average molecular weight is 246 g/mol. The molecule has 90 valence electrons. The van der Waals surface area contributed by atoms with Crippen molar-refractivity contribution in [1.29, 1.82) is 0 Å². The van der Waals surface area contributed by atoms with Crippen LogP contribution in [0.4, 0.5) is 0 Å². The van der Waals surface area contributed by atoms with Crippen LogP contribution < -0.4 is 0 Å². The summed E-state index contributed by atoms with van der Waals surface area (Å²) in [6, 6.07) is 7.05. The lowest BCUT2D eigenvalue weighted by Gasteiger charge is -2.32. The van der Waals surface area contributed by atoms with Crippen molar-refractivity contribution in [3.63, 3.8) is 0 Å². The third kappa shape index (κ3) is 1.73. The average Bonchev–Trinajstić information content (AvgIpc) is 2.50. The van der Waals surface area contributed by atoms with Crippen molar-refractivity contribution in [2.75, 3.05) is 0 Å². The first kappa shape index (κ1) is 11.0. The first-order valence-electron chi connectivity index (χ1n) is 6.37. The van der Waals surface area contributed by atoms with Crippen molar-refractivity contribution >= 4 is 23.3 Å². The second-order valence-electron chi connectivity index (χ2n) is 5.25. The van der Waals surface area contributed by atoms with E-state index in [9.17, 15) is 0 Å². The molecule has 1 N–H and O–H groups in total. The first-order valence-corrected chi connectivity index (χ1v) is 6.78. The van der Waals surface area contributed by atoms with Gasteiger partial charge in [0.15, 0.2) is 4.77 Å². The molecule has 2 aromatic rings. The predicted octanol–water partition coefficient (Wildman–Crippen LogP) is 4.37. The summed E-state index contributed by atoms with van der Waals surface area (Å²) in [4.78, 5) is 3.33. The van der Waals surface area contributed by atoms with Gasteiger partial charge in [-0.2, -0.15) is 0 Å². The molecule has 1 heterocycles. The smallest absolute Gasteiger partial charge is 0.178 e. The zero-order valence-corrected chi connectivity index (χ0v) is 11.2. The van der Waals surface area contributed by atoms with Gasteiger partial charge in [-0.25, -0.2) is 0 Å². The molecule has 2 nitrogen and oxygen atoms in total. The van der Waals surface area contributed by atoms with E-state index in [2.05, 4.69) is 41.6 Å². The van der Waals surface area contributed by atoms with Crippen LogP contribution in [0.3, 0.4) is 0 Å². The van der Waals surface area contributed by atoms with Gasteiger partial charge in [0, 0.05) is 6.04 Å². The number of H-pyrrole nitrogens is 1. The number of nitrogens with one attached hydrogen (secondary N) is 1.